The van der Waals surface area contributed by atoms with Crippen molar-refractivity contribution in [3.8, 4) is 0 Å². The van der Waals surface area contributed by atoms with Gasteiger partial charge in [-0.2, -0.15) is 0 Å². The number of hydrogen-bond donors (Lipinski definition) is 1. The predicted octanol–water partition coefficient (Wildman–Crippen LogP) is 2.41. The highest BCUT2D eigenvalue weighted by molar-refractivity contribution is 5.88. The van der Waals surface area contributed by atoms with E-state index in [1.165, 1.54) is 6.42 Å². The second kappa shape index (κ2) is 4.75. The van der Waals surface area contributed by atoms with E-state index in [9.17, 15) is 4.79 Å². The third-order valence-corrected chi connectivity index (χ3v) is 3.06. The van der Waals surface area contributed by atoms with Crippen LogP contribution in [-0.4, -0.2) is 11.3 Å². The Morgan fingerprint density at radius 1 is 1.31 bits per heavy atom. The second-order valence-electron chi connectivity index (χ2n) is 4.24. The van der Waals surface area contributed by atoms with Gasteiger partial charge < -0.3 is 5.73 Å². The number of carbonyl (C=O) groups excluding carboxylic acids is 1. The maximum Gasteiger partial charge on any atom is 0.152 e. The summed E-state index contributed by atoms with van der Waals surface area (Å²) >= 11 is 0. The van der Waals surface area contributed by atoms with Gasteiger partial charge in [0.05, 0.1) is 5.54 Å². The lowest BCUT2D eigenvalue weighted by molar-refractivity contribution is -0.125. The molecule has 2 N–H and O–H groups in total. The smallest absolute Gasteiger partial charge is 0.152 e. The molecule has 2 nitrogen and oxygen atoms in total. The van der Waals surface area contributed by atoms with Crippen LogP contribution in [0.5, 0.6) is 0 Å². The Balaban J connectivity index is 2.42. The third-order valence-electron chi connectivity index (χ3n) is 3.06. The van der Waals surface area contributed by atoms with E-state index in [4.69, 9.17) is 5.73 Å². The fraction of sp³-hybridized carbons (Fsp3) is 0.909. The normalized spacial score (nSPS) is 21.4. The van der Waals surface area contributed by atoms with Crippen molar-refractivity contribution < 1.29 is 4.79 Å². The summed E-state index contributed by atoms with van der Waals surface area (Å²) in [6.45, 7) is 2.11. The van der Waals surface area contributed by atoms with E-state index in [0.717, 1.165) is 38.5 Å². The van der Waals surface area contributed by atoms with E-state index in [2.05, 4.69) is 6.92 Å². The quantitative estimate of drug-likeness (QED) is 0.727. The molecule has 13 heavy (non-hydrogen) atoms. The molecule has 1 rings (SSSR count). The Morgan fingerprint density at radius 2 is 1.92 bits per heavy atom. The monoisotopic (exact) mass is 183 g/mol. The van der Waals surface area contributed by atoms with Gasteiger partial charge in [-0.05, 0) is 19.3 Å². The number of carbonyl (C=O) groups is 1. The Morgan fingerprint density at radius 3 is 2.46 bits per heavy atom. The summed E-state index contributed by atoms with van der Waals surface area (Å²) in [5.74, 6) is 0.300. The molecule has 1 aliphatic rings. The lowest BCUT2D eigenvalue weighted by atomic mass is 9.78. The van der Waals surface area contributed by atoms with Crippen LogP contribution in [0, 0.1) is 0 Å². The van der Waals surface area contributed by atoms with E-state index in [-0.39, 0.29) is 0 Å². The second-order valence-corrected chi connectivity index (χ2v) is 4.24. The van der Waals surface area contributed by atoms with Gasteiger partial charge in [-0.3, -0.25) is 4.79 Å². The van der Waals surface area contributed by atoms with Gasteiger partial charge in [0.15, 0.2) is 5.78 Å². The van der Waals surface area contributed by atoms with Gasteiger partial charge in [0.2, 0.25) is 0 Å². The zero-order chi connectivity index (χ0) is 9.73. The molecule has 76 valence electrons. The van der Waals surface area contributed by atoms with Crippen molar-refractivity contribution in [2.45, 2.75) is 63.8 Å². The van der Waals surface area contributed by atoms with Gasteiger partial charge in [-0.15, -0.1) is 0 Å². The number of unbranched alkanes of at least 4 members (excludes halogenated alkanes) is 1. The average Bonchev–Trinajstić information content (AvgIpc) is 2.15. The number of hydrogen-bond acceptors (Lipinski definition) is 2. The summed E-state index contributed by atoms with van der Waals surface area (Å²) in [6, 6.07) is 0. The predicted molar refractivity (Wildman–Crippen MR) is 54.5 cm³/mol. The SMILES string of the molecule is CCCCC(=O)C1(N)CCCCC1. The maximum absolute atomic E-state index is 11.8. The molecule has 1 saturated carbocycles. The molecule has 0 radical (unpaired) electrons. The molecule has 0 aromatic heterocycles. The largest absolute Gasteiger partial charge is 0.319 e. The molecule has 0 aromatic carbocycles. The first-order valence-corrected chi connectivity index (χ1v) is 5.51. The molecule has 0 saturated heterocycles. The summed E-state index contributed by atoms with van der Waals surface area (Å²) in [4.78, 5) is 11.8. The van der Waals surface area contributed by atoms with Gasteiger partial charge in [0.25, 0.3) is 0 Å². The lowest BCUT2D eigenvalue weighted by Crippen LogP contribution is -2.49. The van der Waals surface area contributed by atoms with Crippen molar-refractivity contribution in [2.24, 2.45) is 5.73 Å². The van der Waals surface area contributed by atoms with Crippen molar-refractivity contribution in [3.05, 3.63) is 0 Å². The molecule has 0 aliphatic heterocycles. The van der Waals surface area contributed by atoms with E-state index >= 15 is 0 Å². The van der Waals surface area contributed by atoms with Crippen molar-refractivity contribution in [3.63, 3.8) is 0 Å². The van der Waals surface area contributed by atoms with E-state index < -0.39 is 5.54 Å². The molecular weight excluding hydrogens is 162 g/mol. The molecule has 1 aliphatic carbocycles. The Labute approximate surface area is 80.9 Å². The first-order chi connectivity index (χ1) is 6.19. The maximum atomic E-state index is 11.8. The first-order valence-electron chi connectivity index (χ1n) is 5.51. The zero-order valence-electron chi connectivity index (χ0n) is 8.64. The number of ketones is 1. The molecular formula is C11H21NO. The summed E-state index contributed by atoms with van der Waals surface area (Å²) in [6.07, 6.45) is 8.11. The molecule has 0 heterocycles. The zero-order valence-corrected chi connectivity index (χ0v) is 8.64. The summed E-state index contributed by atoms with van der Waals surface area (Å²) < 4.78 is 0. The molecule has 0 unspecified atom stereocenters. The van der Waals surface area contributed by atoms with E-state index in [0.29, 0.717) is 12.2 Å². The Kier molecular flexibility index (Phi) is 3.91. The summed E-state index contributed by atoms with van der Waals surface area (Å²) in [5.41, 5.74) is 5.64. The van der Waals surface area contributed by atoms with Crippen LogP contribution in [0.1, 0.15) is 58.3 Å². The number of nitrogens with two attached hydrogens (primary N) is 1. The van der Waals surface area contributed by atoms with Crippen LogP contribution in [0.4, 0.5) is 0 Å². The Hall–Kier alpha value is -0.370. The Bertz CT molecular complexity index is 171. The molecule has 1 fully saturated rings. The molecule has 0 bridgehead atoms. The lowest BCUT2D eigenvalue weighted by Gasteiger charge is -2.31. The third kappa shape index (κ3) is 2.80. The van der Waals surface area contributed by atoms with Crippen LogP contribution in [0.2, 0.25) is 0 Å². The van der Waals surface area contributed by atoms with Gasteiger partial charge >= 0.3 is 0 Å². The topological polar surface area (TPSA) is 43.1 Å². The number of Topliss-reactive ketones (excluding diaryl/α,β-unsaturated/α-hetero) is 1. The van der Waals surface area contributed by atoms with Crippen molar-refractivity contribution in [1.29, 1.82) is 0 Å². The van der Waals surface area contributed by atoms with Crippen LogP contribution in [0.3, 0.4) is 0 Å². The minimum atomic E-state index is -0.451. The van der Waals surface area contributed by atoms with Gasteiger partial charge in [0, 0.05) is 6.42 Å². The highest BCUT2D eigenvalue weighted by Crippen LogP contribution is 2.27. The van der Waals surface area contributed by atoms with Crippen LogP contribution in [-0.2, 0) is 4.79 Å². The van der Waals surface area contributed by atoms with E-state index in [1.54, 1.807) is 0 Å². The summed E-state index contributed by atoms with van der Waals surface area (Å²) in [5, 5.41) is 0. The average molecular weight is 183 g/mol. The minimum absolute atomic E-state index is 0.300. The standard InChI is InChI=1S/C11H21NO/c1-2-3-7-10(13)11(12)8-5-4-6-9-11/h2-9,12H2,1H3. The number of rotatable bonds is 4. The van der Waals surface area contributed by atoms with Gasteiger partial charge in [0.1, 0.15) is 0 Å². The van der Waals surface area contributed by atoms with Crippen molar-refractivity contribution in [2.75, 3.05) is 0 Å². The van der Waals surface area contributed by atoms with Crippen LogP contribution >= 0.6 is 0 Å². The van der Waals surface area contributed by atoms with Gasteiger partial charge in [-0.25, -0.2) is 0 Å². The molecule has 0 aromatic rings. The fourth-order valence-electron chi connectivity index (χ4n) is 2.05. The van der Waals surface area contributed by atoms with Crippen molar-refractivity contribution in [1.82, 2.24) is 0 Å². The minimum Gasteiger partial charge on any atom is -0.319 e. The highest BCUT2D eigenvalue weighted by Gasteiger charge is 2.33. The first kappa shape index (κ1) is 10.7. The van der Waals surface area contributed by atoms with Crippen LogP contribution < -0.4 is 5.73 Å². The van der Waals surface area contributed by atoms with E-state index in [1.807, 2.05) is 0 Å². The fourth-order valence-corrected chi connectivity index (χ4v) is 2.05. The summed E-state index contributed by atoms with van der Waals surface area (Å²) in [7, 11) is 0. The van der Waals surface area contributed by atoms with Crippen LogP contribution in [0.25, 0.3) is 0 Å². The molecule has 0 atom stereocenters. The van der Waals surface area contributed by atoms with Gasteiger partial charge in [-0.1, -0.05) is 32.6 Å². The molecule has 2 heteroatoms. The van der Waals surface area contributed by atoms with Crippen molar-refractivity contribution >= 4 is 5.78 Å². The molecule has 0 spiro atoms. The van der Waals surface area contributed by atoms with Crippen LogP contribution in [0.15, 0.2) is 0 Å². The molecule has 0 amide bonds. The highest BCUT2D eigenvalue weighted by atomic mass is 16.1.